The van der Waals surface area contributed by atoms with Gasteiger partial charge in [-0.05, 0) is 42.2 Å². The maximum atomic E-state index is 13.7. The first kappa shape index (κ1) is 21.5. The van der Waals surface area contributed by atoms with Gasteiger partial charge < -0.3 is 19.7 Å². The lowest BCUT2D eigenvalue weighted by atomic mass is 10.1. The largest absolute Gasteiger partial charge is 0.493 e. The molecule has 2 aromatic carbocycles. The molecule has 0 amide bonds. The third-order valence-corrected chi connectivity index (χ3v) is 4.45. The van der Waals surface area contributed by atoms with E-state index in [4.69, 9.17) is 9.47 Å². The molecule has 0 aromatic heterocycles. The molecular formula is C21H27F2N3O2. The summed E-state index contributed by atoms with van der Waals surface area (Å²) in [5.74, 6) is 1.01. The summed E-state index contributed by atoms with van der Waals surface area (Å²) in [6, 6.07) is 9.49. The molecule has 0 fully saturated rings. The number of ether oxygens (including phenoxy) is 2. The van der Waals surface area contributed by atoms with Crippen molar-refractivity contribution in [3.63, 3.8) is 0 Å². The van der Waals surface area contributed by atoms with E-state index in [0.717, 1.165) is 24.6 Å². The summed E-state index contributed by atoms with van der Waals surface area (Å²) < 4.78 is 37.3. The van der Waals surface area contributed by atoms with E-state index in [1.54, 1.807) is 21.3 Å². The second-order valence-corrected chi connectivity index (χ2v) is 6.32. The van der Waals surface area contributed by atoms with E-state index in [-0.39, 0.29) is 0 Å². The van der Waals surface area contributed by atoms with Gasteiger partial charge in [-0.3, -0.25) is 4.99 Å². The smallest absolute Gasteiger partial charge is 0.193 e. The molecule has 2 rings (SSSR count). The normalized spacial score (nSPS) is 11.3. The first-order chi connectivity index (χ1) is 13.5. The molecule has 0 saturated carbocycles. The van der Waals surface area contributed by atoms with Crippen LogP contribution in [0.2, 0.25) is 0 Å². The Balaban J connectivity index is 1.87. The quantitative estimate of drug-likeness (QED) is 0.554. The van der Waals surface area contributed by atoms with Crippen LogP contribution in [-0.2, 0) is 12.8 Å². The number of likely N-dealkylation sites (N-methyl/N-ethyl adjacent to an activating group) is 1. The number of guanidine groups is 1. The molecule has 0 unspecified atom stereocenters. The Hall–Kier alpha value is -2.83. The highest BCUT2D eigenvalue weighted by molar-refractivity contribution is 5.79. The fourth-order valence-electron chi connectivity index (χ4n) is 2.86. The number of benzene rings is 2. The highest BCUT2D eigenvalue weighted by Gasteiger charge is 2.09. The first-order valence-electron chi connectivity index (χ1n) is 9.05. The fourth-order valence-corrected chi connectivity index (χ4v) is 2.86. The molecule has 0 saturated heterocycles. The van der Waals surface area contributed by atoms with Crippen molar-refractivity contribution in [1.82, 2.24) is 10.2 Å². The van der Waals surface area contributed by atoms with Crippen LogP contribution in [0.5, 0.6) is 11.5 Å². The van der Waals surface area contributed by atoms with Gasteiger partial charge in [0.1, 0.15) is 11.6 Å². The third-order valence-electron chi connectivity index (χ3n) is 4.45. The Morgan fingerprint density at radius 3 is 2.43 bits per heavy atom. The fraction of sp³-hybridized carbons (Fsp3) is 0.381. The second kappa shape index (κ2) is 10.5. The molecule has 0 atom stereocenters. The van der Waals surface area contributed by atoms with Gasteiger partial charge in [0.15, 0.2) is 17.5 Å². The summed E-state index contributed by atoms with van der Waals surface area (Å²) in [6.45, 7) is 1.23. The molecule has 2 aromatic rings. The van der Waals surface area contributed by atoms with Gasteiger partial charge in [0.25, 0.3) is 0 Å². The van der Waals surface area contributed by atoms with Crippen LogP contribution in [0.3, 0.4) is 0 Å². The van der Waals surface area contributed by atoms with Crippen LogP contribution in [0, 0.1) is 11.6 Å². The topological polar surface area (TPSA) is 46.1 Å². The molecule has 0 radical (unpaired) electrons. The maximum Gasteiger partial charge on any atom is 0.193 e. The van der Waals surface area contributed by atoms with E-state index < -0.39 is 11.6 Å². The summed E-state index contributed by atoms with van der Waals surface area (Å²) in [4.78, 5) is 6.26. The van der Waals surface area contributed by atoms with Crippen LogP contribution >= 0.6 is 0 Å². The minimum Gasteiger partial charge on any atom is -0.493 e. The lowest BCUT2D eigenvalue weighted by Crippen LogP contribution is -2.40. The number of methoxy groups -OCH3 is 2. The van der Waals surface area contributed by atoms with E-state index in [1.165, 1.54) is 12.1 Å². The molecular weight excluding hydrogens is 364 g/mol. The van der Waals surface area contributed by atoms with Crippen molar-refractivity contribution >= 4 is 5.96 Å². The van der Waals surface area contributed by atoms with Gasteiger partial charge in [-0.1, -0.05) is 12.1 Å². The van der Waals surface area contributed by atoms with Crippen LogP contribution in [-0.4, -0.2) is 52.3 Å². The van der Waals surface area contributed by atoms with Crippen LogP contribution in [0.15, 0.2) is 41.4 Å². The van der Waals surface area contributed by atoms with Gasteiger partial charge >= 0.3 is 0 Å². The first-order valence-corrected chi connectivity index (χ1v) is 9.05. The average molecular weight is 391 g/mol. The number of hydrogen-bond donors (Lipinski definition) is 1. The lowest BCUT2D eigenvalue weighted by Gasteiger charge is -2.22. The summed E-state index contributed by atoms with van der Waals surface area (Å²) in [6.07, 6.45) is 1.23. The monoisotopic (exact) mass is 391 g/mol. The molecule has 152 valence electrons. The van der Waals surface area contributed by atoms with E-state index in [9.17, 15) is 8.78 Å². The van der Waals surface area contributed by atoms with E-state index in [0.29, 0.717) is 36.0 Å². The van der Waals surface area contributed by atoms with Gasteiger partial charge in [0.05, 0.1) is 14.2 Å². The molecule has 0 aliphatic heterocycles. The molecule has 1 N–H and O–H groups in total. The lowest BCUT2D eigenvalue weighted by molar-refractivity contribution is 0.354. The molecule has 28 heavy (non-hydrogen) atoms. The molecule has 7 heteroatoms. The molecule has 5 nitrogen and oxygen atoms in total. The summed E-state index contributed by atoms with van der Waals surface area (Å²) in [7, 11) is 6.87. The van der Waals surface area contributed by atoms with E-state index in [1.807, 2.05) is 30.1 Å². The molecule has 0 spiro atoms. The van der Waals surface area contributed by atoms with Gasteiger partial charge in [-0.25, -0.2) is 8.78 Å². The van der Waals surface area contributed by atoms with Gasteiger partial charge in [0.2, 0.25) is 0 Å². The van der Waals surface area contributed by atoms with Crippen LogP contribution in [0.4, 0.5) is 8.78 Å². The Bertz CT molecular complexity index is 812. The van der Waals surface area contributed by atoms with Crippen molar-refractivity contribution in [3.8, 4) is 11.5 Å². The summed E-state index contributed by atoms with van der Waals surface area (Å²) in [5, 5.41) is 3.21. The van der Waals surface area contributed by atoms with Crippen LogP contribution in [0.25, 0.3) is 0 Å². The minimum absolute atomic E-state index is 0.439. The predicted molar refractivity (Wildman–Crippen MR) is 107 cm³/mol. The zero-order chi connectivity index (χ0) is 20.5. The van der Waals surface area contributed by atoms with Crippen LogP contribution < -0.4 is 14.8 Å². The predicted octanol–water partition coefficient (Wildman–Crippen LogP) is 3.27. The number of nitrogens with one attached hydrogen (secondary N) is 1. The van der Waals surface area contributed by atoms with E-state index in [2.05, 4.69) is 10.3 Å². The summed E-state index contributed by atoms with van der Waals surface area (Å²) in [5.41, 5.74) is 1.59. The number of hydrogen-bond acceptors (Lipinski definition) is 3. The Morgan fingerprint density at radius 2 is 1.79 bits per heavy atom. The van der Waals surface area contributed by atoms with Gasteiger partial charge in [-0.2, -0.15) is 0 Å². The Morgan fingerprint density at radius 1 is 1.04 bits per heavy atom. The van der Waals surface area contributed by atoms with Crippen molar-refractivity contribution in [2.75, 3.05) is 41.4 Å². The molecule has 0 aliphatic carbocycles. The Kier molecular flexibility index (Phi) is 8.04. The zero-order valence-electron chi connectivity index (χ0n) is 16.8. The van der Waals surface area contributed by atoms with Crippen molar-refractivity contribution < 1.29 is 18.3 Å². The van der Waals surface area contributed by atoms with Crippen molar-refractivity contribution in [1.29, 1.82) is 0 Å². The second-order valence-electron chi connectivity index (χ2n) is 6.32. The van der Waals surface area contributed by atoms with Crippen molar-refractivity contribution in [3.05, 3.63) is 59.2 Å². The Labute approximate surface area is 165 Å². The number of rotatable bonds is 8. The third kappa shape index (κ3) is 5.84. The maximum absolute atomic E-state index is 13.7. The minimum atomic E-state index is -0.570. The van der Waals surface area contributed by atoms with Crippen molar-refractivity contribution in [2.45, 2.75) is 12.8 Å². The number of nitrogens with zero attached hydrogens (tertiary/aromatic N) is 2. The molecule has 0 aliphatic rings. The highest BCUT2D eigenvalue weighted by Crippen LogP contribution is 2.27. The summed E-state index contributed by atoms with van der Waals surface area (Å²) >= 11 is 0. The zero-order valence-corrected chi connectivity index (χ0v) is 16.8. The highest BCUT2D eigenvalue weighted by atomic mass is 19.1. The average Bonchev–Trinajstić information content (AvgIpc) is 2.70. The van der Waals surface area contributed by atoms with Crippen LogP contribution in [0.1, 0.15) is 11.1 Å². The number of halogens is 2. The van der Waals surface area contributed by atoms with Gasteiger partial charge in [0, 0.05) is 33.3 Å². The number of aliphatic imine (C=N–C) groups is 1. The van der Waals surface area contributed by atoms with Crippen molar-refractivity contribution in [2.24, 2.45) is 4.99 Å². The molecule has 0 heterocycles. The molecule has 0 bridgehead atoms. The standard InChI is InChI=1S/C21H27F2N3O2/c1-24-21(25-11-9-16-6-7-17(22)14-18(16)23)26(2)12-10-15-5-8-19(27-3)20(13-15)28-4/h5-8,13-14H,9-12H2,1-4H3,(H,24,25). The van der Waals surface area contributed by atoms with E-state index >= 15 is 0 Å². The SMILES string of the molecule is CN=C(NCCc1ccc(F)cc1F)N(C)CCc1ccc(OC)c(OC)c1. The van der Waals surface area contributed by atoms with Gasteiger partial charge in [-0.15, -0.1) is 0 Å².